The molecule has 0 aromatic heterocycles. The lowest BCUT2D eigenvalue weighted by Gasteiger charge is -2.17. The number of hydrogen-bond donors (Lipinski definition) is 1. The van der Waals surface area contributed by atoms with Crippen LogP contribution in [-0.4, -0.2) is 7.11 Å². The van der Waals surface area contributed by atoms with E-state index in [9.17, 15) is 0 Å². The van der Waals surface area contributed by atoms with Crippen molar-refractivity contribution in [1.29, 1.82) is 0 Å². The molecule has 0 fully saturated rings. The Bertz CT molecular complexity index is 348. The van der Waals surface area contributed by atoms with Gasteiger partial charge < -0.3 is 10.5 Å². The van der Waals surface area contributed by atoms with Crippen LogP contribution in [0.4, 0.5) is 0 Å². The summed E-state index contributed by atoms with van der Waals surface area (Å²) in [6.07, 6.45) is 0. The van der Waals surface area contributed by atoms with E-state index in [4.69, 9.17) is 10.5 Å². The summed E-state index contributed by atoms with van der Waals surface area (Å²) in [6, 6.07) is 2.07. The number of halogens is 1. The Hall–Kier alpha value is -0.540. The summed E-state index contributed by atoms with van der Waals surface area (Å²) in [5, 5.41) is 0. The van der Waals surface area contributed by atoms with Crippen LogP contribution in [0.15, 0.2) is 10.5 Å². The molecule has 3 heteroatoms. The number of rotatable bonds is 2. The fourth-order valence-corrected chi connectivity index (χ4v) is 1.88. The van der Waals surface area contributed by atoms with Gasteiger partial charge in [0.2, 0.25) is 0 Å². The summed E-state index contributed by atoms with van der Waals surface area (Å²) in [6.45, 7) is 6.05. The molecule has 1 aromatic carbocycles. The maximum absolute atomic E-state index is 5.88. The van der Waals surface area contributed by atoms with Gasteiger partial charge in [-0.3, -0.25) is 0 Å². The van der Waals surface area contributed by atoms with Crippen molar-refractivity contribution in [3.8, 4) is 5.75 Å². The van der Waals surface area contributed by atoms with Crippen molar-refractivity contribution in [1.82, 2.24) is 0 Å². The first-order valence-corrected chi connectivity index (χ1v) is 5.37. The highest BCUT2D eigenvalue weighted by molar-refractivity contribution is 9.10. The number of benzene rings is 1. The van der Waals surface area contributed by atoms with E-state index in [1.165, 1.54) is 5.56 Å². The molecule has 0 amide bonds. The van der Waals surface area contributed by atoms with Gasteiger partial charge in [-0.1, -0.05) is 15.9 Å². The predicted octanol–water partition coefficient (Wildman–Crippen LogP) is 3.09. The van der Waals surface area contributed by atoms with Crippen LogP contribution in [0.5, 0.6) is 5.75 Å². The van der Waals surface area contributed by atoms with Gasteiger partial charge in [-0.25, -0.2) is 0 Å². The van der Waals surface area contributed by atoms with E-state index in [0.29, 0.717) is 0 Å². The smallest absolute Gasteiger partial charge is 0.127 e. The van der Waals surface area contributed by atoms with E-state index >= 15 is 0 Å². The zero-order valence-electron chi connectivity index (χ0n) is 9.02. The van der Waals surface area contributed by atoms with Crippen molar-refractivity contribution in [2.24, 2.45) is 5.73 Å². The van der Waals surface area contributed by atoms with Crippen molar-refractivity contribution >= 4 is 15.9 Å². The zero-order chi connectivity index (χ0) is 10.9. The van der Waals surface area contributed by atoms with Crippen molar-refractivity contribution < 1.29 is 4.74 Å². The Kier molecular flexibility index (Phi) is 3.56. The Morgan fingerprint density at radius 2 is 2.00 bits per heavy atom. The number of nitrogens with two attached hydrogens (primary N) is 1. The number of methoxy groups -OCH3 is 1. The van der Waals surface area contributed by atoms with Crippen LogP contribution >= 0.6 is 15.9 Å². The number of aryl methyl sites for hydroxylation is 1. The van der Waals surface area contributed by atoms with Crippen LogP contribution in [0.1, 0.15) is 29.7 Å². The van der Waals surface area contributed by atoms with E-state index in [1.807, 2.05) is 13.8 Å². The fraction of sp³-hybridized carbons (Fsp3) is 0.455. The molecule has 0 saturated carbocycles. The van der Waals surface area contributed by atoms with Crippen LogP contribution in [0.2, 0.25) is 0 Å². The standard InChI is InChI=1S/C11H16BrNO/c1-6-5-9(8(3)13)11(14-4)7(2)10(6)12/h5,8H,13H2,1-4H3. The van der Waals surface area contributed by atoms with Gasteiger partial charge in [0.05, 0.1) is 7.11 Å². The zero-order valence-corrected chi connectivity index (χ0v) is 10.6. The second-order valence-electron chi connectivity index (χ2n) is 3.54. The molecule has 2 N–H and O–H groups in total. The third-order valence-electron chi connectivity index (χ3n) is 2.34. The molecular formula is C11H16BrNO. The highest BCUT2D eigenvalue weighted by Gasteiger charge is 2.14. The average molecular weight is 258 g/mol. The lowest BCUT2D eigenvalue weighted by atomic mass is 10.0. The van der Waals surface area contributed by atoms with Gasteiger partial charge >= 0.3 is 0 Å². The molecule has 0 spiro atoms. The highest BCUT2D eigenvalue weighted by Crippen LogP contribution is 2.35. The molecule has 1 unspecified atom stereocenters. The molecule has 0 saturated heterocycles. The number of ether oxygens (including phenoxy) is 1. The third kappa shape index (κ3) is 1.93. The minimum Gasteiger partial charge on any atom is -0.496 e. The summed E-state index contributed by atoms with van der Waals surface area (Å²) in [5.41, 5.74) is 9.24. The van der Waals surface area contributed by atoms with Crippen molar-refractivity contribution in [2.45, 2.75) is 26.8 Å². The Labute approximate surface area is 93.6 Å². The van der Waals surface area contributed by atoms with E-state index < -0.39 is 0 Å². The first kappa shape index (κ1) is 11.5. The van der Waals surface area contributed by atoms with Gasteiger partial charge in [0.15, 0.2) is 0 Å². The largest absolute Gasteiger partial charge is 0.496 e. The second kappa shape index (κ2) is 4.32. The first-order chi connectivity index (χ1) is 6.49. The van der Waals surface area contributed by atoms with Crippen LogP contribution in [0, 0.1) is 13.8 Å². The van der Waals surface area contributed by atoms with Crippen LogP contribution in [-0.2, 0) is 0 Å². The molecule has 0 aliphatic rings. The van der Waals surface area contributed by atoms with E-state index in [-0.39, 0.29) is 6.04 Å². The summed E-state index contributed by atoms with van der Waals surface area (Å²) < 4.78 is 6.46. The van der Waals surface area contributed by atoms with E-state index in [0.717, 1.165) is 21.3 Å². The Morgan fingerprint density at radius 3 is 2.43 bits per heavy atom. The number of hydrogen-bond acceptors (Lipinski definition) is 2. The summed E-state index contributed by atoms with van der Waals surface area (Å²) in [7, 11) is 1.68. The van der Waals surface area contributed by atoms with Crippen molar-refractivity contribution in [2.75, 3.05) is 7.11 Å². The van der Waals surface area contributed by atoms with Gasteiger partial charge in [0.1, 0.15) is 5.75 Å². The lowest BCUT2D eigenvalue weighted by Crippen LogP contribution is -2.08. The minimum atomic E-state index is -0.00421. The van der Waals surface area contributed by atoms with Gasteiger partial charge in [-0.2, -0.15) is 0 Å². The Morgan fingerprint density at radius 1 is 1.43 bits per heavy atom. The van der Waals surface area contributed by atoms with Gasteiger partial charge in [0, 0.05) is 21.6 Å². The van der Waals surface area contributed by atoms with Gasteiger partial charge in [-0.05, 0) is 32.4 Å². The average Bonchev–Trinajstić information content (AvgIpc) is 2.13. The van der Waals surface area contributed by atoms with Crippen molar-refractivity contribution in [3.05, 3.63) is 27.2 Å². The van der Waals surface area contributed by atoms with Crippen LogP contribution < -0.4 is 10.5 Å². The summed E-state index contributed by atoms with van der Waals surface area (Å²) in [5.74, 6) is 0.887. The molecule has 2 nitrogen and oxygen atoms in total. The fourth-order valence-electron chi connectivity index (χ4n) is 1.58. The molecule has 78 valence electrons. The lowest BCUT2D eigenvalue weighted by molar-refractivity contribution is 0.403. The minimum absolute atomic E-state index is 0.00421. The maximum atomic E-state index is 5.88. The molecular weight excluding hydrogens is 242 g/mol. The monoisotopic (exact) mass is 257 g/mol. The maximum Gasteiger partial charge on any atom is 0.127 e. The molecule has 0 aliphatic heterocycles. The second-order valence-corrected chi connectivity index (χ2v) is 4.34. The molecule has 0 bridgehead atoms. The van der Waals surface area contributed by atoms with Crippen molar-refractivity contribution in [3.63, 3.8) is 0 Å². The normalized spacial score (nSPS) is 12.7. The van der Waals surface area contributed by atoms with Gasteiger partial charge in [-0.15, -0.1) is 0 Å². The van der Waals surface area contributed by atoms with E-state index in [2.05, 4.69) is 28.9 Å². The van der Waals surface area contributed by atoms with Crippen LogP contribution in [0.25, 0.3) is 0 Å². The third-order valence-corrected chi connectivity index (χ3v) is 3.57. The molecule has 0 aliphatic carbocycles. The molecule has 1 atom stereocenters. The predicted molar refractivity (Wildman–Crippen MR) is 62.8 cm³/mol. The SMILES string of the molecule is COc1c(C(C)N)cc(C)c(Br)c1C. The molecule has 0 heterocycles. The van der Waals surface area contributed by atoms with Crippen LogP contribution in [0.3, 0.4) is 0 Å². The first-order valence-electron chi connectivity index (χ1n) is 4.58. The Balaban J connectivity index is 3.43. The van der Waals surface area contributed by atoms with E-state index in [1.54, 1.807) is 7.11 Å². The van der Waals surface area contributed by atoms with Gasteiger partial charge in [0.25, 0.3) is 0 Å². The quantitative estimate of drug-likeness (QED) is 0.884. The topological polar surface area (TPSA) is 35.2 Å². The molecule has 1 aromatic rings. The summed E-state index contributed by atoms with van der Waals surface area (Å²) in [4.78, 5) is 0. The molecule has 0 radical (unpaired) electrons. The highest BCUT2D eigenvalue weighted by atomic mass is 79.9. The summed E-state index contributed by atoms with van der Waals surface area (Å²) >= 11 is 3.53. The molecule has 14 heavy (non-hydrogen) atoms. The molecule has 1 rings (SSSR count).